The Hall–Kier alpha value is -0.970. The van der Waals surface area contributed by atoms with Gasteiger partial charge in [0.15, 0.2) is 0 Å². The lowest BCUT2D eigenvalue weighted by molar-refractivity contribution is -0.183. The molecule has 0 aromatic rings. The highest BCUT2D eigenvalue weighted by Gasteiger charge is 2.70. The first kappa shape index (κ1) is 26.1. The van der Waals surface area contributed by atoms with Crippen LogP contribution >= 0.6 is 0 Å². The molecule has 4 nitrogen and oxygen atoms in total. The second kappa shape index (κ2) is 8.56. The quantitative estimate of drug-likeness (QED) is 0.367. The molecule has 4 aliphatic carbocycles. The van der Waals surface area contributed by atoms with E-state index in [4.69, 9.17) is 0 Å². The van der Waals surface area contributed by atoms with Crippen molar-refractivity contribution in [2.75, 3.05) is 0 Å². The molecule has 10 atom stereocenters. The van der Waals surface area contributed by atoms with Crippen LogP contribution < -0.4 is 0 Å². The Morgan fingerprint density at radius 2 is 1.74 bits per heavy atom. The minimum atomic E-state index is -0.670. The molecule has 0 heterocycles. The summed E-state index contributed by atoms with van der Waals surface area (Å²) in [5.74, 6) is 0.839. The lowest BCUT2D eigenvalue weighted by atomic mass is 9.38. The first-order valence-corrected chi connectivity index (χ1v) is 13.6. The lowest BCUT2D eigenvalue weighted by Crippen LogP contribution is -2.64. The monoisotopic (exact) mass is 472 g/mol. The van der Waals surface area contributed by atoms with Crippen LogP contribution in [0.2, 0.25) is 0 Å². The third-order valence-corrected chi connectivity index (χ3v) is 11.5. The summed E-state index contributed by atoms with van der Waals surface area (Å²) in [5, 5.41) is 33.0. The number of fused-ring (bicyclic) bond motifs is 5. The van der Waals surface area contributed by atoms with E-state index in [-0.39, 0.29) is 22.7 Å². The van der Waals surface area contributed by atoms with E-state index in [1.807, 2.05) is 26.0 Å². The summed E-state index contributed by atoms with van der Waals surface area (Å²) in [6.07, 6.45) is 9.84. The van der Waals surface area contributed by atoms with Gasteiger partial charge in [0.05, 0.1) is 18.3 Å². The summed E-state index contributed by atoms with van der Waals surface area (Å²) in [4.78, 5) is 13.1. The highest BCUT2D eigenvalue weighted by molar-refractivity contribution is 5.65. The highest BCUT2D eigenvalue weighted by Crippen LogP contribution is 2.74. The molecule has 4 heteroatoms. The predicted octanol–water partition coefficient (Wildman–Crippen LogP) is 5.46. The second-order valence-electron chi connectivity index (χ2n) is 13.7. The van der Waals surface area contributed by atoms with E-state index >= 15 is 0 Å². The fraction of sp³-hybridized carbons (Fsp3) is 0.833. The van der Waals surface area contributed by atoms with Crippen LogP contribution in [0.15, 0.2) is 23.3 Å². The Morgan fingerprint density at radius 1 is 1.06 bits per heavy atom. The van der Waals surface area contributed by atoms with Crippen LogP contribution in [0.1, 0.15) is 93.4 Å². The third kappa shape index (κ3) is 3.53. The van der Waals surface area contributed by atoms with E-state index in [2.05, 4.69) is 34.6 Å². The van der Waals surface area contributed by atoms with Crippen LogP contribution in [-0.4, -0.2) is 39.9 Å². The number of hydrogen-bond acceptors (Lipinski definition) is 4. The maximum absolute atomic E-state index is 13.1. The van der Waals surface area contributed by atoms with Gasteiger partial charge < -0.3 is 20.1 Å². The Labute approximate surface area is 206 Å². The van der Waals surface area contributed by atoms with Gasteiger partial charge in [-0.15, -0.1) is 0 Å². The van der Waals surface area contributed by atoms with E-state index in [1.54, 1.807) is 0 Å². The number of aldehydes is 1. The molecule has 0 bridgehead atoms. The molecular formula is C30H48O4. The number of carbonyl (C=O) groups excluding carboxylic acids is 1. The van der Waals surface area contributed by atoms with Gasteiger partial charge in [0.2, 0.25) is 0 Å². The smallest absolute Gasteiger partial charge is 0.127 e. The SMILES string of the molecule is CC(C)=C[C@H](O)C[C@@H](C)C1CC[C@@]2(C)[C@@H]3[C@@H](O)C=C4[C@@H](CC[C@H](O)C4(C)C)[C@]3(C=O)CC[C@]12C. The van der Waals surface area contributed by atoms with Crippen molar-refractivity contribution in [3.8, 4) is 0 Å². The van der Waals surface area contributed by atoms with Crippen molar-refractivity contribution in [2.45, 2.75) is 112 Å². The van der Waals surface area contributed by atoms with E-state index in [0.29, 0.717) is 18.3 Å². The number of rotatable bonds is 5. The molecule has 0 amide bonds. The van der Waals surface area contributed by atoms with Gasteiger partial charge in [-0.2, -0.15) is 0 Å². The van der Waals surface area contributed by atoms with Crippen LogP contribution in [0.5, 0.6) is 0 Å². The molecule has 0 aromatic heterocycles. The van der Waals surface area contributed by atoms with Crippen molar-refractivity contribution in [3.63, 3.8) is 0 Å². The molecule has 0 saturated heterocycles. The van der Waals surface area contributed by atoms with Crippen molar-refractivity contribution >= 4 is 6.29 Å². The van der Waals surface area contributed by atoms with Crippen LogP contribution in [0.25, 0.3) is 0 Å². The Morgan fingerprint density at radius 3 is 2.35 bits per heavy atom. The van der Waals surface area contributed by atoms with Crippen molar-refractivity contribution in [1.29, 1.82) is 0 Å². The zero-order valence-corrected chi connectivity index (χ0v) is 22.5. The van der Waals surface area contributed by atoms with E-state index < -0.39 is 29.1 Å². The summed E-state index contributed by atoms with van der Waals surface area (Å²) >= 11 is 0. The molecule has 192 valence electrons. The Balaban J connectivity index is 1.72. The number of carbonyl (C=O) groups is 1. The fourth-order valence-electron chi connectivity index (χ4n) is 9.55. The van der Waals surface area contributed by atoms with Gasteiger partial charge in [0.1, 0.15) is 6.29 Å². The number of aliphatic hydroxyl groups excluding tert-OH is 3. The highest BCUT2D eigenvalue weighted by atomic mass is 16.3. The normalized spacial score (nSPS) is 46.9. The molecule has 3 fully saturated rings. The summed E-state index contributed by atoms with van der Waals surface area (Å²) in [6.45, 7) is 15.2. The molecule has 3 N–H and O–H groups in total. The summed E-state index contributed by atoms with van der Waals surface area (Å²) in [6, 6.07) is 0. The Kier molecular flexibility index (Phi) is 6.57. The maximum Gasteiger partial charge on any atom is 0.127 e. The number of allylic oxidation sites excluding steroid dienone is 1. The molecule has 0 radical (unpaired) electrons. The molecule has 0 spiro atoms. The minimum Gasteiger partial charge on any atom is -0.392 e. The number of aliphatic hydroxyl groups is 3. The zero-order valence-electron chi connectivity index (χ0n) is 22.5. The van der Waals surface area contributed by atoms with Gasteiger partial charge in [-0.05, 0) is 87.4 Å². The van der Waals surface area contributed by atoms with Gasteiger partial charge in [-0.1, -0.05) is 57.9 Å². The van der Waals surface area contributed by atoms with Crippen molar-refractivity contribution in [3.05, 3.63) is 23.3 Å². The second-order valence-corrected chi connectivity index (χ2v) is 13.7. The van der Waals surface area contributed by atoms with E-state index in [0.717, 1.165) is 49.7 Å². The minimum absolute atomic E-state index is 0.0182. The van der Waals surface area contributed by atoms with Crippen molar-refractivity contribution < 1.29 is 20.1 Å². The van der Waals surface area contributed by atoms with Crippen molar-refractivity contribution in [2.24, 2.45) is 45.3 Å². The first-order valence-electron chi connectivity index (χ1n) is 13.6. The van der Waals surface area contributed by atoms with Gasteiger partial charge in [-0.3, -0.25) is 0 Å². The topological polar surface area (TPSA) is 77.8 Å². The van der Waals surface area contributed by atoms with Crippen molar-refractivity contribution in [1.82, 2.24) is 0 Å². The number of hydrogen-bond donors (Lipinski definition) is 3. The van der Waals surface area contributed by atoms with Gasteiger partial charge in [0, 0.05) is 16.7 Å². The maximum atomic E-state index is 13.1. The molecule has 4 rings (SSSR count). The molecule has 3 saturated carbocycles. The lowest BCUT2D eigenvalue weighted by Gasteiger charge is -2.66. The van der Waals surface area contributed by atoms with Crippen LogP contribution in [0.3, 0.4) is 0 Å². The molecule has 4 aliphatic rings. The molecule has 0 aliphatic heterocycles. The molecule has 34 heavy (non-hydrogen) atoms. The standard InChI is InChI=1S/C30H48O4/c1-18(2)14-20(32)15-19(3)21-10-11-29(7)26-24(33)16-23-22(8-9-25(34)27(23,4)5)30(26,17-31)13-12-28(21,29)6/h14,16-17,19-22,24-26,32-34H,8-13,15H2,1-7H3/t19-,20+,21?,22-,24+,25+,26+,28-,29+,30-/m1/s1. The summed E-state index contributed by atoms with van der Waals surface area (Å²) < 4.78 is 0. The summed E-state index contributed by atoms with van der Waals surface area (Å²) in [5.41, 5.74) is 1.14. The van der Waals surface area contributed by atoms with Crippen LogP contribution in [-0.2, 0) is 4.79 Å². The predicted molar refractivity (Wildman–Crippen MR) is 136 cm³/mol. The first-order chi connectivity index (χ1) is 15.7. The van der Waals surface area contributed by atoms with Crippen LogP contribution in [0.4, 0.5) is 0 Å². The molecule has 1 unspecified atom stereocenters. The average molecular weight is 473 g/mol. The van der Waals surface area contributed by atoms with Gasteiger partial charge in [0.25, 0.3) is 0 Å². The van der Waals surface area contributed by atoms with Gasteiger partial charge >= 0.3 is 0 Å². The molecule has 0 aromatic carbocycles. The van der Waals surface area contributed by atoms with E-state index in [9.17, 15) is 20.1 Å². The fourth-order valence-corrected chi connectivity index (χ4v) is 9.55. The van der Waals surface area contributed by atoms with Crippen LogP contribution in [0, 0.1) is 45.3 Å². The molecular weight excluding hydrogens is 424 g/mol. The largest absolute Gasteiger partial charge is 0.392 e. The Bertz CT molecular complexity index is 869. The third-order valence-electron chi connectivity index (χ3n) is 11.5. The summed E-state index contributed by atoms with van der Waals surface area (Å²) in [7, 11) is 0. The van der Waals surface area contributed by atoms with E-state index in [1.165, 1.54) is 6.29 Å². The average Bonchev–Trinajstić information content (AvgIpc) is 3.01. The zero-order chi connectivity index (χ0) is 25.3. The van der Waals surface area contributed by atoms with Gasteiger partial charge in [-0.25, -0.2) is 0 Å².